The van der Waals surface area contributed by atoms with Crippen LogP contribution in [-0.4, -0.2) is 42.3 Å². The van der Waals surface area contributed by atoms with Crippen molar-refractivity contribution in [3.63, 3.8) is 0 Å². The molecule has 33 heavy (non-hydrogen) atoms. The highest BCUT2D eigenvalue weighted by Crippen LogP contribution is 2.26. The summed E-state index contributed by atoms with van der Waals surface area (Å²) in [5.74, 6) is -1.43. The number of amides is 3. The van der Waals surface area contributed by atoms with Gasteiger partial charge in [-0.2, -0.15) is 0 Å². The van der Waals surface area contributed by atoms with E-state index in [1.807, 2.05) is 30.3 Å². The van der Waals surface area contributed by atoms with Crippen LogP contribution in [0.2, 0.25) is 0 Å². The summed E-state index contributed by atoms with van der Waals surface area (Å²) in [6, 6.07) is 20.2. The summed E-state index contributed by atoms with van der Waals surface area (Å²) in [6.07, 6.45) is 0. The van der Waals surface area contributed by atoms with Gasteiger partial charge in [-0.05, 0) is 35.9 Å². The van der Waals surface area contributed by atoms with Crippen molar-refractivity contribution in [1.29, 1.82) is 0 Å². The van der Waals surface area contributed by atoms with Crippen LogP contribution in [-0.2, 0) is 16.1 Å². The summed E-state index contributed by atoms with van der Waals surface area (Å²) >= 11 is 0. The number of hydrogen-bond donors (Lipinski definition) is 1. The maximum atomic E-state index is 12.9. The summed E-state index contributed by atoms with van der Waals surface area (Å²) < 4.78 is 9.85. The highest BCUT2D eigenvalue weighted by molar-refractivity contribution is 6.22. The van der Waals surface area contributed by atoms with E-state index in [4.69, 9.17) is 4.74 Å². The molecule has 1 aliphatic heterocycles. The molecule has 0 saturated heterocycles. The monoisotopic (exact) mass is 444 g/mol. The second-order valence-corrected chi connectivity index (χ2v) is 7.29. The van der Waals surface area contributed by atoms with E-state index in [-0.39, 0.29) is 35.7 Å². The molecule has 8 heteroatoms. The lowest BCUT2D eigenvalue weighted by Gasteiger charge is -2.13. The van der Waals surface area contributed by atoms with Crippen molar-refractivity contribution in [2.45, 2.75) is 6.54 Å². The third kappa shape index (κ3) is 4.74. The average molecular weight is 444 g/mol. The number of imide groups is 1. The normalized spacial score (nSPS) is 12.3. The van der Waals surface area contributed by atoms with Crippen molar-refractivity contribution in [2.24, 2.45) is 0 Å². The number of rotatable bonds is 7. The fraction of sp³-hybridized carbons (Fsp3) is 0.120. The Morgan fingerprint density at radius 3 is 2.39 bits per heavy atom. The van der Waals surface area contributed by atoms with Gasteiger partial charge in [-0.25, -0.2) is 4.79 Å². The predicted molar refractivity (Wildman–Crippen MR) is 119 cm³/mol. The van der Waals surface area contributed by atoms with Crippen molar-refractivity contribution in [3.8, 4) is 5.75 Å². The molecule has 1 N–H and O–H groups in total. The van der Waals surface area contributed by atoms with E-state index < -0.39 is 17.8 Å². The predicted octanol–water partition coefficient (Wildman–Crippen LogP) is 3.29. The SMILES string of the molecule is COC(=O)COc1cccc(NC(=O)c2ccc3c(c2)C(=O)N(Cc2ccccc2)C3=O)c1. The smallest absolute Gasteiger partial charge is 0.343 e. The molecule has 0 aliphatic carbocycles. The van der Waals surface area contributed by atoms with Crippen LogP contribution in [0.15, 0.2) is 72.8 Å². The summed E-state index contributed by atoms with van der Waals surface area (Å²) in [5, 5.41) is 2.72. The van der Waals surface area contributed by atoms with E-state index >= 15 is 0 Å². The lowest BCUT2D eigenvalue weighted by atomic mass is 10.1. The van der Waals surface area contributed by atoms with E-state index in [1.165, 1.54) is 30.2 Å². The number of fused-ring (bicyclic) bond motifs is 1. The Morgan fingerprint density at radius 2 is 1.64 bits per heavy atom. The van der Waals surface area contributed by atoms with Gasteiger partial charge in [-0.15, -0.1) is 0 Å². The first kappa shape index (κ1) is 21.8. The second-order valence-electron chi connectivity index (χ2n) is 7.29. The molecule has 0 unspecified atom stereocenters. The number of anilines is 1. The number of ether oxygens (including phenoxy) is 2. The lowest BCUT2D eigenvalue weighted by Crippen LogP contribution is -2.29. The Balaban J connectivity index is 1.48. The molecular weight excluding hydrogens is 424 g/mol. The quantitative estimate of drug-likeness (QED) is 0.443. The molecule has 8 nitrogen and oxygen atoms in total. The van der Waals surface area contributed by atoms with E-state index in [2.05, 4.69) is 10.1 Å². The topological polar surface area (TPSA) is 102 Å². The van der Waals surface area contributed by atoms with Crippen LogP contribution in [0.3, 0.4) is 0 Å². The molecule has 0 bridgehead atoms. The lowest BCUT2D eigenvalue weighted by molar-refractivity contribution is -0.142. The summed E-state index contributed by atoms with van der Waals surface area (Å²) in [7, 11) is 1.26. The number of nitrogens with zero attached hydrogens (tertiary/aromatic N) is 1. The van der Waals surface area contributed by atoms with Gasteiger partial charge in [0.15, 0.2) is 6.61 Å². The number of benzene rings is 3. The van der Waals surface area contributed by atoms with Crippen molar-refractivity contribution in [1.82, 2.24) is 4.90 Å². The molecule has 4 rings (SSSR count). The molecule has 0 atom stereocenters. The number of carbonyl (C=O) groups excluding carboxylic acids is 4. The maximum absolute atomic E-state index is 12.9. The molecule has 1 heterocycles. The van der Waals surface area contributed by atoms with Crippen LogP contribution in [0.25, 0.3) is 0 Å². The number of esters is 1. The number of carbonyl (C=O) groups is 4. The average Bonchev–Trinajstić information content (AvgIpc) is 3.07. The minimum Gasteiger partial charge on any atom is -0.482 e. The zero-order chi connectivity index (χ0) is 23.4. The summed E-state index contributed by atoms with van der Waals surface area (Å²) in [4.78, 5) is 50.7. The Labute approximate surface area is 189 Å². The molecule has 3 aromatic carbocycles. The first-order valence-electron chi connectivity index (χ1n) is 10.1. The largest absolute Gasteiger partial charge is 0.482 e. The third-order valence-corrected chi connectivity index (χ3v) is 5.09. The van der Waals surface area contributed by atoms with Crippen molar-refractivity contribution < 1.29 is 28.7 Å². The van der Waals surface area contributed by atoms with Gasteiger partial charge in [0.2, 0.25) is 0 Å². The number of nitrogens with one attached hydrogen (secondary N) is 1. The third-order valence-electron chi connectivity index (χ3n) is 5.09. The first-order chi connectivity index (χ1) is 16.0. The molecular formula is C25H20N2O6. The van der Waals surface area contributed by atoms with Crippen LogP contribution in [0, 0.1) is 0 Å². The Hall–Kier alpha value is -4.46. The van der Waals surface area contributed by atoms with E-state index in [1.54, 1.807) is 24.3 Å². The molecule has 166 valence electrons. The summed E-state index contributed by atoms with van der Waals surface area (Å²) in [6.45, 7) is -0.0958. The zero-order valence-electron chi connectivity index (χ0n) is 17.7. The van der Waals surface area contributed by atoms with Crippen LogP contribution in [0.4, 0.5) is 5.69 Å². The first-order valence-corrected chi connectivity index (χ1v) is 10.1. The molecule has 3 aromatic rings. The zero-order valence-corrected chi connectivity index (χ0v) is 17.7. The van der Waals surface area contributed by atoms with E-state index in [0.29, 0.717) is 11.4 Å². The highest BCUT2D eigenvalue weighted by Gasteiger charge is 2.36. The Bertz CT molecular complexity index is 1240. The van der Waals surface area contributed by atoms with Gasteiger partial charge in [0, 0.05) is 17.3 Å². The van der Waals surface area contributed by atoms with Gasteiger partial charge in [0.25, 0.3) is 17.7 Å². The minimum atomic E-state index is -0.525. The maximum Gasteiger partial charge on any atom is 0.343 e. The molecule has 0 spiro atoms. The van der Waals surface area contributed by atoms with Crippen LogP contribution < -0.4 is 10.1 Å². The fourth-order valence-electron chi connectivity index (χ4n) is 3.41. The molecule has 0 saturated carbocycles. The fourth-order valence-corrected chi connectivity index (χ4v) is 3.41. The van der Waals surface area contributed by atoms with Gasteiger partial charge in [0.05, 0.1) is 24.8 Å². The van der Waals surface area contributed by atoms with Crippen molar-refractivity contribution in [2.75, 3.05) is 19.0 Å². The van der Waals surface area contributed by atoms with Crippen LogP contribution >= 0.6 is 0 Å². The molecule has 0 fully saturated rings. The molecule has 3 amide bonds. The minimum absolute atomic E-state index is 0.160. The Morgan fingerprint density at radius 1 is 0.879 bits per heavy atom. The second kappa shape index (κ2) is 9.35. The summed E-state index contributed by atoms with van der Waals surface area (Å²) in [5.41, 5.74) is 1.97. The highest BCUT2D eigenvalue weighted by atomic mass is 16.6. The Kier molecular flexibility index (Phi) is 6.17. The molecule has 0 aromatic heterocycles. The van der Waals surface area contributed by atoms with Gasteiger partial charge in [0.1, 0.15) is 5.75 Å². The van der Waals surface area contributed by atoms with E-state index in [0.717, 1.165) is 5.56 Å². The standard InChI is InChI=1S/C25H20N2O6/c1-32-22(28)15-33-19-9-5-8-18(13-19)26-23(29)17-10-11-20-21(12-17)25(31)27(24(20)30)14-16-6-3-2-4-7-16/h2-13H,14-15H2,1H3,(H,26,29). The number of hydrogen-bond acceptors (Lipinski definition) is 6. The van der Waals surface area contributed by atoms with Crippen molar-refractivity contribution in [3.05, 3.63) is 95.1 Å². The van der Waals surface area contributed by atoms with Gasteiger partial charge < -0.3 is 14.8 Å². The van der Waals surface area contributed by atoms with Crippen LogP contribution in [0.5, 0.6) is 5.75 Å². The molecule has 1 aliphatic rings. The van der Waals surface area contributed by atoms with Gasteiger partial charge >= 0.3 is 5.97 Å². The van der Waals surface area contributed by atoms with Crippen molar-refractivity contribution >= 4 is 29.4 Å². The number of methoxy groups -OCH3 is 1. The molecule has 0 radical (unpaired) electrons. The van der Waals surface area contributed by atoms with E-state index in [9.17, 15) is 19.2 Å². The van der Waals surface area contributed by atoms with Crippen LogP contribution in [0.1, 0.15) is 36.6 Å². The van der Waals surface area contributed by atoms with Gasteiger partial charge in [-0.1, -0.05) is 36.4 Å². The van der Waals surface area contributed by atoms with Gasteiger partial charge in [-0.3, -0.25) is 19.3 Å².